The van der Waals surface area contributed by atoms with Gasteiger partial charge in [0, 0.05) is 18.5 Å². The van der Waals surface area contributed by atoms with E-state index in [0.717, 1.165) is 54.0 Å². The number of likely N-dealkylation sites (tertiary alicyclic amines) is 1. The van der Waals surface area contributed by atoms with Crippen LogP contribution in [0.15, 0.2) is 42.5 Å². The van der Waals surface area contributed by atoms with Crippen molar-refractivity contribution in [1.82, 2.24) is 4.90 Å². The number of hydrogen-bond donors (Lipinski definition) is 0. The molecule has 4 rings (SSSR count). The summed E-state index contributed by atoms with van der Waals surface area (Å²) in [4.78, 5) is 14.9. The maximum atomic E-state index is 13.0. The standard InChI is InChI=1S/C21H23NO3/c1-15-5-7-16(8-6-15)21(23)22-11-2-4-18(22)17-9-10-19-20(14-17)25-13-3-12-24-19/h5-10,14,18H,2-4,11-13H2,1H3/t18-/m1/s1. The molecule has 2 heterocycles. The lowest BCUT2D eigenvalue weighted by Crippen LogP contribution is -2.30. The monoisotopic (exact) mass is 337 g/mol. The Kier molecular flexibility index (Phi) is 4.35. The van der Waals surface area contributed by atoms with Gasteiger partial charge in [-0.25, -0.2) is 0 Å². The Bertz CT molecular complexity index is 769. The Balaban J connectivity index is 1.60. The van der Waals surface area contributed by atoms with Crippen LogP contribution in [0.4, 0.5) is 0 Å². The predicted molar refractivity (Wildman–Crippen MR) is 96.2 cm³/mol. The number of rotatable bonds is 2. The van der Waals surface area contributed by atoms with Crippen LogP contribution in [-0.2, 0) is 0 Å². The van der Waals surface area contributed by atoms with Crippen LogP contribution in [0, 0.1) is 6.92 Å². The highest BCUT2D eigenvalue weighted by Gasteiger charge is 2.31. The average molecular weight is 337 g/mol. The summed E-state index contributed by atoms with van der Waals surface area (Å²) in [5.41, 5.74) is 3.05. The van der Waals surface area contributed by atoms with Gasteiger partial charge in [-0.3, -0.25) is 4.79 Å². The van der Waals surface area contributed by atoms with Gasteiger partial charge in [-0.05, 0) is 49.6 Å². The first-order valence-electron chi connectivity index (χ1n) is 8.99. The van der Waals surface area contributed by atoms with Crippen molar-refractivity contribution in [1.29, 1.82) is 0 Å². The first-order chi connectivity index (χ1) is 12.2. The minimum atomic E-state index is 0.103. The highest BCUT2D eigenvalue weighted by Crippen LogP contribution is 2.38. The topological polar surface area (TPSA) is 38.8 Å². The molecule has 2 aliphatic heterocycles. The summed E-state index contributed by atoms with van der Waals surface area (Å²) >= 11 is 0. The Morgan fingerprint density at radius 2 is 1.76 bits per heavy atom. The largest absolute Gasteiger partial charge is 0.490 e. The molecule has 0 bridgehead atoms. The lowest BCUT2D eigenvalue weighted by atomic mass is 10.0. The molecule has 25 heavy (non-hydrogen) atoms. The van der Waals surface area contributed by atoms with Crippen LogP contribution < -0.4 is 9.47 Å². The normalized spacial score (nSPS) is 19.6. The number of carbonyl (C=O) groups excluding carboxylic acids is 1. The van der Waals surface area contributed by atoms with E-state index in [9.17, 15) is 4.79 Å². The van der Waals surface area contributed by atoms with Crippen molar-refractivity contribution in [2.24, 2.45) is 0 Å². The molecule has 0 N–H and O–H groups in total. The highest BCUT2D eigenvalue weighted by molar-refractivity contribution is 5.94. The molecule has 1 amide bonds. The zero-order chi connectivity index (χ0) is 17.2. The third-order valence-electron chi connectivity index (χ3n) is 4.97. The van der Waals surface area contributed by atoms with Crippen molar-refractivity contribution >= 4 is 5.91 Å². The molecular weight excluding hydrogens is 314 g/mol. The van der Waals surface area contributed by atoms with E-state index in [-0.39, 0.29) is 11.9 Å². The van der Waals surface area contributed by atoms with Crippen molar-refractivity contribution in [2.75, 3.05) is 19.8 Å². The van der Waals surface area contributed by atoms with Gasteiger partial charge in [0.25, 0.3) is 5.91 Å². The lowest BCUT2D eigenvalue weighted by molar-refractivity contribution is 0.0735. The molecule has 2 aromatic carbocycles. The summed E-state index contributed by atoms with van der Waals surface area (Å²) in [5.74, 6) is 1.70. The van der Waals surface area contributed by atoms with Gasteiger partial charge in [0.2, 0.25) is 0 Å². The molecule has 130 valence electrons. The summed E-state index contributed by atoms with van der Waals surface area (Å²) in [6, 6.07) is 14.0. The molecule has 0 unspecified atom stereocenters. The van der Waals surface area contributed by atoms with Gasteiger partial charge in [0.05, 0.1) is 19.3 Å². The van der Waals surface area contributed by atoms with Gasteiger partial charge in [0.1, 0.15) is 0 Å². The minimum absolute atomic E-state index is 0.103. The zero-order valence-electron chi connectivity index (χ0n) is 14.5. The maximum Gasteiger partial charge on any atom is 0.254 e. The van der Waals surface area contributed by atoms with E-state index < -0.39 is 0 Å². The fourth-order valence-electron chi connectivity index (χ4n) is 3.61. The van der Waals surface area contributed by atoms with Crippen molar-refractivity contribution in [3.63, 3.8) is 0 Å². The molecule has 0 spiro atoms. The van der Waals surface area contributed by atoms with Crippen LogP contribution >= 0.6 is 0 Å². The van der Waals surface area contributed by atoms with E-state index in [4.69, 9.17) is 9.47 Å². The molecule has 1 atom stereocenters. The minimum Gasteiger partial charge on any atom is -0.490 e. The second-order valence-electron chi connectivity index (χ2n) is 6.78. The smallest absolute Gasteiger partial charge is 0.254 e. The Hall–Kier alpha value is -2.49. The van der Waals surface area contributed by atoms with Gasteiger partial charge in [0.15, 0.2) is 11.5 Å². The second-order valence-corrected chi connectivity index (χ2v) is 6.78. The van der Waals surface area contributed by atoms with Gasteiger partial charge in [-0.2, -0.15) is 0 Å². The van der Waals surface area contributed by atoms with E-state index >= 15 is 0 Å². The van der Waals surface area contributed by atoms with Crippen molar-refractivity contribution in [3.05, 3.63) is 59.2 Å². The van der Waals surface area contributed by atoms with E-state index in [1.807, 2.05) is 48.2 Å². The van der Waals surface area contributed by atoms with Gasteiger partial charge in [-0.1, -0.05) is 23.8 Å². The maximum absolute atomic E-state index is 13.0. The van der Waals surface area contributed by atoms with Gasteiger partial charge in [-0.15, -0.1) is 0 Å². The predicted octanol–water partition coefficient (Wildman–Crippen LogP) is 4.13. The number of aryl methyl sites for hydroxylation is 1. The van der Waals surface area contributed by atoms with Crippen LogP contribution in [0.3, 0.4) is 0 Å². The molecule has 1 fully saturated rings. The lowest BCUT2D eigenvalue weighted by Gasteiger charge is -2.26. The van der Waals surface area contributed by atoms with Crippen LogP contribution in [0.5, 0.6) is 11.5 Å². The van der Waals surface area contributed by atoms with E-state index in [1.165, 1.54) is 0 Å². The molecule has 4 nitrogen and oxygen atoms in total. The summed E-state index contributed by atoms with van der Waals surface area (Å²) < 4.78 is 11.5. The summed E-state index contributed by atoms with van der Waals surface area (Å²) in [6.07, 6.45) is 2.90. The van der Waals surface area contributed by atoms with Crippen molar-refractivity contribution < 1.29 is 14.3 Å². The molecular formula is C21H23NO3. The van der Waals surface area contributed by atoms with E-state index in [0.29, 0.717) is 13.2 Å². The quantitative estimate of drug-likeness (QED) is 0.827. The number of amides is 1. The van der Waals surface area contributed by atoms with Crippen LogP contribution in [0.2, 0.25) is 0 Å². The van der Waals surface area contributed by atoms with Gasteiger partial charge < -0.3 is 14.4 Å². The molecule has 1 saturated heterocycles. The Morgan fingerprint density at radius 3 is 2.56 bits per heavy atom. The van der Waals surface area contributed by atoms with E-state index in [2.05, 4.69) is 6.07 Å². The molecule has 0 aliphatic carbocycles. The zero-order valence-corrected chi connectivity index (χ0v) is 14.5. The van der Waals surface area contributed by atoms with Gasteiger partial charge >= 0.3 is 0 Å². The molecule has 2 aliphatic rings. The number of benzene rings is 2. The van der Waals surface area contributed by atoms with Crippen LogP contribution in [0.25, 0.3) is 0 Å². The Labute approximate surface area is 148 Å². The number of ether oxygens (including phenoxy) is 2. The number of fused-ring (bicyclic) bond motifs is 1. The van der Waals surface area contributed by atoms with Crippen molar-refractivity contribution in [2.45, 2.75) is 32.2 Å². The fraction of sp³-hybridized carbons (Fsp3) is 0.381. The third-order valence-corrected chi connectivity index (χ3v) is 4.97. The first kappa shape index (κ1) is 16.0. The van der Waals surface area contributed by atoms with Crippen LogP contribution in [-0.4, -0.2) is 30.6 Å². The SMILES string of the molecule is Cc1ccc(C(=O)N2CCC[C@@H]2c2ccc3c(c2)OCCCO3)cc1. The second kappa shape index (κ2) is 6.79. The number of carbonyl (C=O) groups is 1. The third kappa shape index (κ3) is 3.21. The summed E-state index contributed by atoms with van der Waals surface area (Å²) in [5, 5.41) is 0. The van der Waals surface area contributed by atoms with Crippen LogP contribution in [0.1, 0.15) is 46.8 Å². The molecule has 2 aromatic rings. The molecule has 0 aromatic heterocycles. The first-order valence-corrected chi connectivity index (χ1v) is 8.99. The van der Waals surface area contributed by atoms with Crippen molar-refractivity contribution in [3.8, 4) is 11.5 Å². The molecule has 4 heteroatoms. The highest BCUT2D eigenvalue weighted by atomic mass is 16.5. The van der Waals surface area contributed by atoms with E-state index in [1.54, 1.807) is 0 Å². The molecule has 0 radical (unpaired) electrons. The Morgan fingerprint density at radius 1 is 1.00 bits per heavy atom. The molecule has 0 saturated carbocycles. The summed E-state index contributed by atoms with van der Waals surface area (Å²) in [7, 11) is 0. The number of hydrogen-bond acceptors (Lipinski definition) is 3. The average Bonchev–Trinajstić information content (AvgIpc) is 3.00. The number of nitrogens with zero attached hydrogens (tertiary/aromatic N) is 1. The fourth-order valence-corrected chi connectivity index (χ4v) is 3.61. The summed E-state index contributed by atoms with van der Waals surface area (Å²) in [6.45, 7) is 4.19.